The van der Waals surface area contributed by atoms with Crippen LogP contribution in [0.1, 0.15) is 11.5 Å². The van der Waals surface area contributed by atoms with Gasteiger partial charge in [0, 0.05) is 11.8 Å². The molecule has 6 nitrogen and oxygen atoms in total. The van der Waals surface area contributed by atoms with E-state index in [-0.39, 0.29) is 27.2 Å². The molecule has 0 bridgehead atoms. The smallest absolute Gasteiger partial charge is 0.243 e. The summed E-state index contributed by atoms with van der Waals surface area (Å²) >= 11 is 11.8. The number of anilines is 1. The minimum atomic E-state index is -3.88. The molecule has 1 aromatic heterocycles. The fourth-order valence-corrected chi connectivity index (χ4v) is 3.80. The van der Waals surface area contributed by atoms with Gasteiger partial charge in [-0.05, 0) is 19.1 Å². The number of hydrogen-bond acceptors (Lipinski definition) is 5. The summed E-state index contributed by atoms with van der Waals surface area (Å²) < 4.78 is 31.6. The summed E-state index contributed by atoms with van der Waals surface area (Å²) in [6.45, 7) is 1.68. The highest BCUT2D eigenvalue weighted by atomic mass is 35.5. The molecule has 3 N–H and O–H groups in total. The van der Waals surface area contributed by atoms with Crippen molar-refractivity contribution in [3.8, 4) is 0 Å². The zero-order valence-corrected chi connectivity index (χ0v) is 12.7. The molecule has 0 spiro atoms. The Bertz CT molecular complexity index is 720. The summed E-state index contributed by atoms with van der Waals surface area (Å²) in [4.78, 5) is -0.216. The first-order chi connectivity index (χ1) is 9.29. The first-order valence-electron chi connectivity index (χ1n) is 5.46. The highest BCUT2D eigenvalue weighted by Crippen LogP contribution is 2.31. The zero-order valence-electron chi connectivity index (χ0n) is 10.4. The Morgan fingerprint density at radius 3 is 2.40 bits per heavy atom. The molecule has 0 saturated carbocycles. The van der Waals surface area contributed by atoms with Crippen LogP contribution in [0.3, 0.4) is 0 Å². The minimum absolute atomic E-state index is 0.0451. The van der Waals surface area contributed by atoms with Gasteiger partial charge in [0.25, 0.3) is 0 Å². The molecule has 0 aliphatic heterocycles. The Morgan fingerprint density at radius 1 is 1.30 bits per heavy atom. The van der Waals surface area contributed by atoms with Gasteiger partial charge in [0.15, 0.2) is 5.76 Å². The van der Waals surface area contributed by atoms with Gasteiger partial charge in [-0.3, -0.25) is 0 Å². The summed E-state index contributed by atoms with van der Waals surface area (Å²) in [6, 6.07) is 4.26. The van der Waals surface area contributed by atoms with E-state index in [1.54, 1.807) is 13.0 Å². The lowest BCUT2D eigenvalue weighted by atomic mass is 10.3. The molecule has 0 unspecified atom stereocenters. The minimum Gasteiger partial charge on any atom is -0.399 e. The molecule has 9 heteroatoms. The van der Waals surface area contributed by atoms with E-state index in [4.69, 9.17) is 33.5 Å². The van der Waals surface area contributed by atoms with Crippen molar-refractivity contribution in [3.05, 3.63) is 39.7 Å². The van der Waals surface area contributed by atoms with Crippen molar-refractivity contribution in [1.29, 1.82) is 0 Å². The Balaban J connectivity index is 2.27. The maximum absolute atomic E-state index is 12.2. The van der Waals surface area contributed by atoms with Crippen LogP contribution in [-0.4, -0.2) is 13.6 Å². The molecule has 1 aromatic carbocycles. The summed E-state index contributed by atoms with van der Waals surface area (Å²) in [7, 11) is -3.88. The van der Waals surface area contributed by atoms with Crippen molar-refractivity contribution in [2.75, 3.05) is 5.73 Å². The van der Waals surface area contributed by atoms with Crippen LogP contribution in [0.5, 0.6) is 0 Å². The third kappa shape index (κ3) is 3.24. The predicted molar refractivity (Wildman–Crippen MR) is 76.1 cm³/mol. The number of nitrogen functional groups attached to an aromatic ring is 1. The van der Waals surface area contributed by atoms with Crippen molar-refractivity contribution in [1.82, 2.24) is 9.88 Å². The van der Waals surface area contributed by atoms with Gasteiger partial charge in [0.05, 0.1) is 22.3 Å². The number of aryl methyl sites for hydroxylation is 1. The van der Waals surface area contributed by atoms with Crippen LogP contribution in [0.2, 0.25) is 10.0 Å². The molecule has 2 aromatic rings. The molecular formula is C11H11Cl2N3O3S. The standard InChI is InChI=1S/C11H11Cl2N3O3S/c1-6-2-8(19-16-6)5-15-20(17,18)11-9(12)3-7(14)4-10(11)13/h2-4,15H,5,14H2,1H3. The molecule has 2 rings (SSSR count). The first-order valence-corrected chi connectivity index (χ1v) is 7.70. The molecule has 0 amide bonds. The third-order valence-electron chi connectivity index (χ3n) is 2.40. The first kappa shape index (κ1) is 15.1. The van der Waals surface area contributed by atoms with Crippen LogP contribution in [0.15, 0.2) is 27.6 Å². The fraction of sp³-hybridized carbons (Fsp3) is 0.182. The maximum Gasteiger partial charge on any atom is 0.243 e. The lowest BCUT2D eigenvalue weighted by Crippen LogP contribution is -2.23. The number of halogens is 2. The predicted octanol–water partition coefficient (Wildman–Crippen LogP) is 2.35. The lowest BCUT2D eigenvalue weighted by Gasteiger charge is -2.09. The van der Waals surface area contributed by atoms with E-state index in [1.807, 2.05) is 0 Å². The number of nitrogens with one attached hydrogen (secondary N) is 1. The van der Waals surface area contributed by atoms with Crippen LogP contribution in [-0.2, 0) is 16.6 Å². The molecule has 108 valence electrons. The number of hydrogen-bond donors (Lipinski definition) is 2. The van der Waals surface area contributed by atoms with E-state index in [1.165, 1.54) is 12.1 Å². The maximum atomic E-state index is 12.2. The van der Waals surface area contributed by atoms with Gasteiger partial charge in [-0.2, -0.15) is 0 Å². The molecule has 0 fully saturated rings. The Morgan fingerprint density at radius 2 is 1.90 bits per heavy atom. The van der Waals surface area contributed by atoms with Gasteiger partial charge in [-0.15, -0.1) is 0 Å². The van der Waals surface area contributed by atoms with Crippen molar-refractivity contribution in [2.45, 2.75) is 18.4 Å². The molecule has 0 atom stereocenters. The van der Waals surface area contributed by atoms with Gasteiger partial charge in [-0.25, -0.2) is 13.1 Å². The van der Waals surface area contributed by atoms with Crippen LogP contribution < -0.4 is 10.5 Å². The van der Waals surface area contributed by atoms with E-state index in [2.05, 4.69) is 9.88 Å². The van der Waals surface area contributed by atoms with E-state index in [9.17, 15) is 8.42 Å². The quantitative estimate of drug-likeness (QED) is 0.835. The van der Waals surface area contributed by atoms with Gasteiger partial charge in [-0.1, -0.05) is 28.4 Å². The normalized spacial score (nSPS) is 11.8. The highest BCUT2D eigenvalue weighted by molar-refractivity contribution is 7.89. The SMILES string of the molecule is Cc1cc(CNS(=O)(=O)c2c(Cl)cc(N)cc2Cl)on1. The van der Waals surface area contributed by atoms with Crippen LogP contribution in [0, 0.1) is 6.92 Å². The second-order valence-electron chi connectivity index (χ2n) is 4.07. The molecule has 20 heavy (non-hydrogen) atoms. The summed E-state index contributed by atoms with van der Waals surface area (Å²) in [6.07, 6.45) is 0. The van der Waals surface area contributed by atoms with Gasteiger partial charge >= 0.3 is 0 Å². The van der Waals surface area contributed by atoms with Crippen molar-refractivity contribution < 1.29 is 12.9 Å². The number of sulfonamides is 1. The number of benzene rings is 1. The van der Waals surface area contributed by atoms with E-state index >= 15 is 0 Å². The van der Waals surface area contributed by atoms with Crippen molar-refractivity contribution in [3.63, 3.8) is 0 Å². The Labute approximate surface area is 125 Å². The van der Waals surface area contributed by atoms with E-state index in [0.29, 0.717) is 11.5 Å². The monoisotopic (exact) mass is 335 g/mol. The third-order valence-corrected chi connectivity index (χ3v) is 4.72. The second kappa shape index (κ2) is 5.61. The zero-order chi connectivity index (χ0) is 14.9. The molecule has 0 aliphatic carbocycles. The summed E-state index contributed by atoms with van der Waals surface area (Å²) in [5.41, 5.74) is 6.47. The number of nitrogens with zero attached hydrogens (tertiary/aromatic N) is 1. The molecule has 0 aliphatic rings. The average Bonchev–Trinajstić information content (AvgIpc) is 2.71. The van der Waals surface area contributed by atoms with Gasteiger partial charge in [0.2, 0.25) is 10.0 Å². The second-order valence-corrected chi connectivity index (χ2v) is 6.59. The summed E-state index contributed by atoms with van der Waals surface area (Å²) in [5, 5.41) is 3.57. The van der Waals surface area contributed by atoms with Crippen LogP contribution in [0.4, 0.5) is 5.69 Å². The topological polar surface area (TPSA) is 98.2 Å². The van der Waals surface area contributed by atoms with Crippen LogP contribution in [0.25, 0.3) is 0 Å². The molecule has 1 heterocycles. The highest BCUT2D eigenvalue weighted by Gasteiger charge is 2.22. The average molecular weight is 336 g/mol. The number of nitrogens with two attached hydrogens (primary N) is 1. The largest absolute Gasteiger partial charge is 0.399 e. The van der Waals surface area contributed by atoms with E-state index in [0.717, 1.165) is 0 Å². The fourth-order valence-electron chi connectivity index (χ4n) is 1.57. The van der Waals surface area contributed by atoms with Gasteiger partial charge in [0.1, 0.15) is 4.90 Å². The Hall–Kier alpha value is -1.28. The van der Waals surface area contributed by atoms with Crippen LogP contribution >= 0.6 is 23.2 Å². The number of rotatable bonds is 4. The Kier molecular flexibility index (Phi) is 4.24. The summed E-state index contributed by atoms with van der Waals surface area (Å²) in [5.74, 6) is 0.383. The molecule has 0 saturated heterocycles. The van der Waals surface area contributed by atoms with Crippen molar-refractivity contribution in [2.24, 2.45) is 0 Å². The van der Waals surface area contributed by atoms with E-state index < -0.39 is 10.0 Å². The number of aromatic nitrogens is 1. The van der Waals surface area contributed by atoms with Gasteiger partial charge < -0.3 is 10.3 Å². The molecular weight excluding hydrogens is 325 g/mol. The molecule has 0 radical (unpaired) electrons. The van der Waals surface area contributed by atoms with Crippen molar-refractivity contribution >= 4 is 38.9 Å². The lowest BCUT2D eigenvalue weighted by molar-refractivity contribution is 0.377.